The monoisotopic (exact) mass is 288 g/mol. The standard InChI is InChI=1S/C16H17ClN2O/c1-20-16-15(3-2-8-18-16)19-14-9-12(10-14)11-4-6-13(17)7-5-11/h2-8,12,14,19H,9-10H2,1H3. The summed E-state index contributed by atoms with van der Waals surface area (Å²) in [5.74, 6) is 1.27. The van der Waals surface area contributed by atoms with Gasteiger partial charge in [0.05, 0.1) is 12.8 Å². The molecule has 1 aromatic heterocycles. The molecule has 3 rings (SSSR count). The second kappa shape index (κ2) is 5.71. The number of ether oxygens (including phenoxy) is 1. The Balaban J connectivity index is 1.59. The summed E-state index contributed by atoms with van der Waals surface area (Å²) in [5, 5.41) is 4.29. The van der Waals surface area contributed by atoms with E-state index in [1.54, 1.807) is 13.3 Å². The van der Waals surface area contributed by atoms with Gasteiger partial charge in [-0.05, 0) is 48.6 Å². The van der Waals surface area contributed by atoms with Gasteiger partial charge >= 0.3 is 0 Å². The summed E-state index contributed by atoms with van der Waals surface area (Å²) in [5.41, 5.74) is 2.33. The highest BCUT2D eigenvalue weighted by molar-refractivity contribution is 6.30. The zero-order chi connectivity index (χ0) is 13.9. The molecule has 1 saturated carbocycles. The molecule has 2 aromatic rings. The largest absolute Gasteiger partial charge is 0.480 e. The second-order valence-electron chi connectivity index (χ2n) is 5.12. The fraction of sp³-hybridized carbons (Fsp3) is 0.312. The number of nitrogens with one attached hydrogen (secondary N) is 1. The summed E-state index contributed by atoms with van der Waals surface area (Å²) in [6, 6.07) is 12.6. The number of anilines is 1. The zero-order valence-electron chi connectivity index (χ0n) is 11.3. The Kier molecular flexibility index (Phi) is 3.79. The van der Waals surface area contributed by atoms with E-state index in [4.69, 9.17) is 16.3 Å². The maximum absolute atomic E-state index is 5.91. The van der Waals surface area contributed by atoms with Crippen molar-refractivity contribution >= 4 is 17.3 Å². The number of hydrogen-bond donors (Lipinski definition) is 1. The lowest BCUT2D eigenvalue weighted by molar-refractivity contribution is 0.367. The Labute approximate surface area is 123 Å². The highest BCUT2D eigenvalue weighted by Gasteiger charge is 2.30. The van der Waals surface area contributed by atoms with Crippen LogP contribution in [0.4, 0.5) is 5.69 Å². The molecule has 0 radical (unpaired) electrons. The average molecular weight is 289 g/mol. The molecule has 1 aromatic carbocycles. The summed E-state index contributed by atoms with van der Waals surface area (Å²) < 4.78 is 5.25. The highest BCUT2D eigenvalue weighted by atomic mass is 35.5. The fourth-order valence-corrected chi connectivity index (χ4v) is 2.75. The lowest BCUT2D eigenvalue weighted by atomic mass is 9.76. The van der Waals surface area contributed by atoms with E-state index < -0.39 is 0 Å². The topological polar surface area (TPSA) is 34.1 Å². The van der Waals surface area contributed by atoms with Gasteiger partial charge in [0.1, 0.15) is 0 Å². The van der Waals surface area contributed by atoms with Gasteiger partial charge in [0, 0.05) is 17.3 Å². The summed E-state index contributed by atoms with van der Waals surface area (Å²) >= 11 is 5.91. The molecule has 0 unspecified atom stereocenters. The first-order valence-electron chi connectivity index (χ1n) is 6.77. The Morgan fingerprint density at radius 1 is 1.20 bits per heavy atom. The van der Waals surface area contributed by atoms with Gasteiger partial charge in [0.2, 0.25) is 5.88 Å². The van der Waals surface area contributed by atoms with Gasteiger partial charge < -0.3 is 10.1 Å². The third-order valence-electron chi connectivity index (χ3n) is 3.80. The predicted octanol–water partition coefficient (Wildman–Crippen LogP) is 4.10. The van der Waals surface area contributed by atoms with Gasteiger partial charge in [0.25, 0.3) is 0 Å². The predicted molar refractivity (Wildman–Crippen MR) is 81.6 cm³/mol. The van der Waals surface area contributed by atoms with Crippen molar-refractivity contribution in [2.45, 2.75) is 24.8 Å². The van der Waals surface area contributed by atoms with Crippen molar-refractivity contribution < 1.29 is 4.74 Å². The Hall–Kier alpha value is -1.74. The Morgan fingerprint density at radius 2 is 1.95 bits per heavy atom. The number of methoxy groups -OCH3 is 1. The van der Waals surface area contributed by atoms with Crippen LogP contribution in [-0.2, 0) is 0 Å². The number of halogens is 1. The van der Waals surface area contributed by atoms with Gasteiger partial charge in [0.15, 0.2) is 0 Å². The van der Waals surface area contributed by atoms with Crippen LogP contribution in [0.3, 0.4) is 0 Å². The van der Waals surface area contributed by atoms with Gasteiger partial charge in [-0.1, -0.05) is 23.7 Å². The summed E-state index contributed by atoms with van der Waals surface area (Å²) in [7, 11) is 1.64. The Morgan fingerprint density at radius 3 is 2.65 bits per heavy atom. The molecule has 0 bridgehead atoms. The highest BCUT2D eigenvalue weighted by Crippen LogP contribution is 2.39. The third kappa shape index (κ3) is 2.73. The number of benzene rings is 1. The molecule has 0 saturated heterocycles. The number of hydrogen-bond acceptors (Lipinski definition) is 3. The van der Waals surface area contributed by atoms with Crippen LogP contribution in [0, 0.1) is 0 Å². The first-order valence-corrected chi connectivity index (χ1v) is 7.15. The molecule has 0 spiro atoms. The molecule has 0 aliphatic heterocycles. The SMILES string of the molecule is COc1ncccc1NC1CC(c2ccc(Cl)cc2)C1. The number of aromatic nitrogens is 1. The van der Waals surface area contributed by atoms with E-state index in [0.29, 0.717) is 17.8 Å². The smallest absolute Gasteiger partial charge is 0.237 e. The van der Waals surface area contributed by atoms with E-state index in [-0.39, 0.29) is 0 Å². The van der Waals surface area contributed by atoms with Crippen LogP contribution in [0.15, 0.2) is 42.6 Å². The van der Waals surface area contributed by atoms with Crippen LogP contribution < -0.4 is 10.1 Å². The maximum Gasteiger partial charge on any atom is 0.237 e. The number of pyridine rings is 1. The summed E-state index contributed by atoms with van der Waals surface area (Å²) in [4.78, 5) is 4.20. The first kappa shape index (κ1) is 13.3. The van der Waals surface area contributed by atoms with Gasteiger partial charge in [-0.2, -0.15) is 0 Å². The normalized spacial score (nSPS) is 21.1. The van der Waals surface area contributed by atoms with Crippen LogP contribution in [0.2, 0.25) is 5.02 Å². The van der Waals surface area contributed by atoms with Crippen molar-refractivity contribution in [1.82, 2.24) is 4.98 Å². The van der Waals surface area contributed by atoms with Crippen LogP contribution >= 0.6 is 11.6 Å². The molecular weight excluding hydrogens is 272 g/mol. The molecule has 3 nitrogen and oxygen atoms in total. The van der Waals surface area contributed by atoms with E-state index in [1.165, 1.54) is 5.56 Å². The van der Waals surface area contributed by atoms with Crippen LogP contribution in [-0.4, -0.2) is 18.1 Å². The Bertz CT molecular complexity index is 579. The lowest BCUT2D eigenvalue weighted by Gasteiger charge is -2.37. The van der Waals surface area contributed by atoms with E-state index in [9.17, 15) is 0 Å². The molecule has 104 valence electrons. The number of rotatable bonds is 4. The minimum atomic E-state index is 0.480. The maximum atomic E-state index is 5.91. The fourth-order valence-electron chi connectivity index (χ4n) is 2.63. The number of nitrogens with zero attached hydrogens (tertiary/aromatic N) is 1. The molecule has 1 N–H and O–H groups in total. The molecule has 20 heavy (non-hydrogen) atoms. The van der Waals surface area contributed by atoms with Crippen molar-refractivity contribution in [3.05, 3.63) is 53.2 Å². The first-order chi connectivity index (χ1) is 9.76. The van der Waals surface area contributed by atoms with Crippen molar-refractivity contribution in [3.63, 3.8) is 0 Å². The van der Waals surface area contributed by atoms with Crippen molar-refractivity contribution in [2.24, 2.45) is 0 Å². The van der Waals surface area contributed by atoms with Gasteiger partial charge in [-0.3, -0.25) is 0 Å². The van der Waals surface area contributed by atoms with Crippen molar-refractivity contribution in [2.75, 3.05) is 12.4 Å². The molecule has 0 amide bonds. The minimum absolute atomic E-state index is 0.480. The van der Waals surface area contributed by atoms with Gasteiger partial charge in [-0.15, -0.1) is 0 Å². The third-order valence-corrected chi connectivity index (χ3v) is 4.06. The lowest BCUT2D eigenvalue weighted by Crippen LogP contribution is -2.34. The summed E-state index contributed by atoms with van der Waals surface area (Å²) in [6.45, 7) is 0. The van der Waals surface area contributed by atoms with Crippen molar-refractivity contribution in [3.8, 4) is 5.88 Å². The molecule has 1 fully saturated rings. The van der Waals surface area contributed by atoms with Gasteiger partial charge in [-0.25, -0.2) is 4.98 Å². The van der Waals surface area contributed by atoms with Crippen LogP contribution in [0.5, 0.6) is 5.88 Å². The molecule has 1 heterocycles. The van der Waals surface area contributed by atoms with E-state index in [1.807, 2.05) is 24.3 Å². The van der Waals surface area contributed by atoms with Crippen LogP contribution in [0.25, 0.3) is 0 Å². The van der Waals surface area contributed by atoms with Crippen molar-refractivity contribution in [1.29, 1.82) is 0 Å². The zero-order valence-corrected chi connectivity index (χ0v) is 12.1. The average Bonchev–Trinajstić information content (AvgIpc) is 2.44. The molecular formula is C16H17ClN2O. The minimum Gasteiger partial charge on any atom is -0.480 e. The molecule has 1 aliphatic rings. The molecule has 4 heteroatoms. The van der Waals surface area contributed by atoms with E-state index in [2.05, 4.69) is 22.4 Å². The molecule has 0 atom stereocenters. The second-order valence-corrected chi connectivity index (χ2v) is 5.56. The summed E-state index contributed by atoms with van der Waals surface area (Å²) in [6.07, 6.45) is 3.99. The quantitative estimate of drug-likeness (QED) is 0.919. The molecule has 1 aliphatic carbocycles. The van der Waals surface area contributed by atoms with Crippen LogP contribution in [0.1, 0.15) is 24.3 Å². The van der Waals surface area contributed by atoms with E-state index >= 15 is 0 Å². The van der Waals surface area contributed by atoms with E-state index in [0.717, 1.165) is 23.6 Å².